The molecule has 28 heavy (non-hydrogen) atoms. The summed E-state index contributed by atoms with van der Waals surface area (Å²) in [5.41, 5.74) is 1.66. The zero-order chi connectivity index (χ0) is 20.7. The number of hydrogen-bond acceptors (Lipinski definition) is 5. The normalized spacial score (nSPS) is 15.4. The second-order valence-electron chi connectivity index (χ2n) is 6.66. The van der Waals surface area contributed by atoms with Crippen molar-refractivity contribution in [2.45, 2.75) is 31.4 Å². The lowest BCUT2D eigenvalue weighted by molar-refractivity contribution is 0.0696. The van der Waals surface area contributed by atoms with Gasteiger partial charge in [-0.15, -0.1) is 0 Å². The third-order valence-electron chi connectivity index (χ3n) is 4.40. The number of aliphatic hydroxyl groups excluding tert-OH is 1. The minimum Gasteiger partial charge on any atom is -0.497 e. The summed E-state index contributed by atoms with van der Waals surface area (Å²) in [7, 11) is -2.20. The second-order valence-corrected chi connectivity index (χ2v) is 9.04. The Kier molecular flexibility index (Phi) is 7.78. The fourth-order valence-electron chi connectivity index (χ4n) is 2.97. The number of carboxylic acids is 1. The van der Waals surface area contributed by atoms with Gasteiger partial charge in [-0.1, -0.05) is 24.3 Å². The van der Waals surface area contributed by atoms with E-state index >= 15 is 0 Å². The minimum absolute atomic E-state index is 0.0753. The lowest BCUT2D eigenvalue weighted by atomic mass is 10.1. The van der Waals surface area contributed by atoms with E-state index in [2.05, 4.69) is 5.32 Å². The standard InChI is InChI=1S/C20H26NO6P/c1-14(22)19(21-11-10-15-4-3-5-17(12-15)20(23)24)28(25,26)13-16-6-8-18(27-2)9-7-16/h3-9,12,14,19,21-22H,10-11,13H2,1-2H3,(H,23,24)(H,25,26)/t14-,19-/m0/s1. The molecule has 2 aromatic carbocycles. The highest BCUT2D eigenvalue weighted by Crippen LogP contribution is 2.49. The van der Waals surface area contributed by atoms with Gasteiger partial charge in [0.1, 0.15) is 11.5 Å². The molecule has 152 valence electrons. The lowest BCUT2D eigenvalue weighted by Crippen LogP contribution is -2.39. The molecule has 0 bridgehead atoms. The molecule has 0 saturated carbocycles. The van der Waals surface area contributed by atoms with Crippen molar-refractivity contribution >= 4 is 13.3 Å². The van der Waals surface area contributed by atoms with Crippen LogP contribution in [0.4, 0.5) is 0 Å². The number of aromatic carboxylic acids is 1. The topological polar surface area (TPSA) is 116 Å². The van der Waals surface area contributed by atoms with Crippen molar-refractivity contribution in [2.24, 2.45) is 0 Å². The van der Waals surface area contributed by atoms with Crippen molar-refractivity contribution in [3.05, 3.63) is 65.2 Å². The molecule has 2 rings (SSSR count). The number of ether oxygens (including phenoxy) is 1. The van der Waals surface area contributed by atoms with E-state index in [4.69, 9.17) is 9.84 Å². The molecule has 7 nitrogen and oxygen atoms in total. The summed E-state index contributed by atoms with van der Waals surface area (Å²) in [5, 5.41) is 22.0. The van der Waals surface area contributed by atoms with E-state index in [1.165, 1.54) is 13.0 Å². The van der Waals surface area contributed by atoms with E-state index in [-0.39, 0.29) is 11.7 Å². The number of nitrogens with one attached hydrogen (secondary N) is 1. The number of aliphatic hydroxyl groups is 1. The van der Waals surface area contributed by atoms with Crippen molar-refractivity contribution in [1.29, 1.82) is 0 Å². The van der Waals surface area contributed by atoms with E-state index in [0.29, 0.717) is 24.3 Å². The van der Waals surface area contributed by atoms with Crippen LogP contribution in [-0.4, -0.2) is 46.6 Å². The summed E-state index contributed by atoms with van der Waals surface area (Å²) in [4.78, 5) is 21.6. The first-order valence-electron chi connectivity index (χ1n) is 8.91. The van der Waals surface area contributed by atoms with Gasteiger partial charge in [-0.2, -0.15) is 0 Å². The molecular formula is C20H26NO6P. The van der Waals surface area contributed by atoms with E-state index < -0.39 is 25.2 Å². The van der Waals surface area contributed by atoms with Crippen LogP contribution < -0.4 is 10.1 Å². The van der Waals surface area contributed by atoms with E-state index in [1.54, 1.807) is 49.6 Å². The Morgan fingerprint density at radius 2 is 1.86 bits per heavy atom. The first-order valence-corrected chi connectivity index (χ1v) is 10.8. The number of benzene rings is 2. The molecule has 0 heterocycles. The fourth-order valence-corrected chi connectivity index (χ4v) is 4.98. The van der Waals surface area contributed by atoms with E-state index in [1.807, 2.05) is 0 Å². The first-order chi connectivity index (χ1) is 13.2. The van der Waals surface area contributed by atoms with Gasteiger partial charge in [-0.3, -0.25) is 4.57 Å². The maximum Gasteiger partial charge on any atom is 0.335 e. The van der Waals surface area contributed by atoms with Gasteiger partial charge in [0.25, 0.3) is 0 Å². The zero-order valence-electron chi connectivity index (χ0n) is 15.9. The molecule has 8 heteroatoms. The Bertz CT molecular complexity index is 837. The molecule has 0 spiro atoms. The summed E-state index contributed by atoms with van der Waals surface area (Å²) in [6.45, 7) is 1.80. The summed E-state index contributed by atoms with van der Waals surface area (Å²) in [6, 6.07) is 13.4. The number of carboxylic acid groups (broad SMARTS) is 1. The summed E-state index contributed by atoms with van der Waals surface area (Å²) in [6.07, 6.45) is -0.638. The van der Waals surface area contributed by atoms with E-state index in [0.717, 1.165) is 5.56 Å². The number of rotatable bonds is 10. The van der Waals surface area contributed by atoms with Crippen molar-refractivity contribution in [1.82, 2.24) is 5.32 Å². The van der Waals surface area contributed by atoms with Crippen molar-refractivity contribution in [3.8, 4) is 5.75 Å². The quantitative estimate of drug-likeness (QED) is 0.448. The smallest absolute Gasteiger partial charge is 0.335 e. The highest BCUT2D eigenvalue weighted by molar-refractivity contribution is 7.58. The Morgan fingerprint density at radius 3 is 2.43 bits per heavy atom. The molecule has 0 aliphatic carbocycles. The number of methoxy groups -OCH3 is 1. The number of carbonyl (C=O) groups is 1. The minimum atomic E-state index is -3.75. The SMILES string of the molecule is COc1ccc(CP(=O)(O)[C@H](NCCc2cccc(C(=O)O)c2)[C@H](C)O)cc1. The van der Waals surface area contributed by atoms with Gasteiger partial charge >= 0.3 is 5.97 Å². The third kappa shape index (κ3) is 6.17. The fraction of sp³-hybridized carbons (Fsp3) is 0.350. The molecule has 4 N–H and O–H groups in total. The number of hydrogen-bond donors (Lipinski definition) is 4. The Labute approximate surface area is 164 Å². The van der Waals surface area contributed by atoms with Crippen LogP contribution in [0.1, 0.15) is 28.4 Å². The molecule has 0 fully saturated rings. The molecule has 0 radical (unpaired) electrons. The van der Waals surface area contributed by atoms with Crippen molar-refractivity contribution in [2.75, 3.05) is 13.7 Å². The molecule has 2 aromatic rings. The molecule has 0 aliphatic rings. The predicted molar refractivity (Wildman–Crippen MR) is 107 cm³/mol. The molecule has 0 saturated heterocycles. The van der Waals surface area contributed by atoms with Crippen molar-refractivity contribution in [3.63, 3.8) is 0 Å². The molecule has 0 amide bonds. The third-order valence-corrected chi connectivity index (χ3v) is 6.70. The Balaban J connectivity index is 2.01. The van der Waals surface area contributed by atoms with Gasteiger partial charge < -0.3 is 25.2 Å². The predicted octanol–water partition coefficient (Wildman–Crippen LogP) is 2.70. The van der Waals surface area contributed by atoms with Gasteiger partial charge in [0, 0.05) is 6.54 Å². The van der Waals surface area contributed by atoms with Crippen LogP contribution >= 0.6 is 7.37 Å². The largest absolute Gasteiger partial charge is 0.497 e. The summed E-state index contributed by atoms with van der Waals surface area (Å²) >= 11 is 0. The monoisotopic (exact) mass is 407 g/mol. The van der Waals surface area contributed by atoms with Crippen LogP contribution in [0, 0.1) is 0 Å². The molecular weight excluding hydrogens is 381 g/mol. The van der Waals surface area contributed by atoms with Gasteiger partial charge in [0.05, 0.1) is 24.9 Å². The first kappa shape index (κ1) is 22.1. The average molecular weight is 407 g/mol. The Hall–Kier alpha value is -2.18. The molecule has 0 aromatic heterocycles. The van der Waals surface area contributed by atoms with Gasteiger partial charge in [0.2, 0.25) is 7.37 Å². The van der Waals surface area contributed by atoms with Crippen LogP contribution in [0.25, 0.3) is 0 Å². The van der Waals surface area contributed by atoms with E-state index in [9.17, 15) is 19.4 Å². The van der Waals surface area contributed by atoms with Gasteiger partial charge in [-0.25, -0.2) is 4.79 Å². The van der Waals surface area contributed by atoms with Crippen LogP contribution in [0.3, 0.4) is 0 Å². The Morgan fingerprint density at radius 1 is 1.18 bits per heavy atom. The van der Waals surface area contributed by atoms with Crippen LogP contribution in [0.5, 0.6) is 5.75 Å². The summed E-state index contributed by atoms with van der Waals surface area (Å²) in [5.74, 6) is -1.33. The van der Waals surface area contributed by atoms with Crippen molar-refractivity contribution < 1.29 is 29.2 Å². The molecule has 3 atom stereocenters. The van der Waals surface area contributed by atoms with Gasteiger partial charge in [0.15, 0.2) is 0 Å². The summed E-state index contributed by atoms with van der Waals surface area (Å²) < 4.78 is 18.0. The average Bonchev–Trinajstić information content (AvgIpc) is 2.65. The molecule has 0 aliphatic heterocycles. The maximum absolute atomic E-state index is 12.9. The van der Waals surface area contributed by atoms with Crippen LogP contribution in [0.2, 0.25) is 0 Å². The van der Waals surface area contributed by atoms with Gasteiger partial charge in [-0.05, 0) is 48.7 Å². The maximum atomic E-state index is 12.9. The second kappa shape index (κ2) is 9.85. The van der Waals surface area contributed by atoms with Crippen LogP contribution in [0.15, 0.2) is 48.5 Å². The highest BCUT2D eigenvalue weighted by Gasteiger charge is 2.34. The van der Waals surface area contributed by atoms with Crippen LogP contribution in [-0.2, 0) is 17.1 Å². The highest BCUT2D eigenvalue weighted by atomic mass is 31.2. The molecule has 1 unspecified atom stereocenters. The zero-order valence-corrected chi connectivity index (χ0v) is 16.8. The lowest BCUT2D eigenvalue weighted by Gasteiger charge is -2.27.